The summed E-state index contributed by atoms with van der Waals surface area (Å²) in [6, 6.07) is 2.78. The molecule has 2 nitrogen and oxygen atoms in total. The van der Waals surface area contributed by atoms with E-state index >= 15 is 0 Å². The molecular formula is C12H16BrClFNO. The quantitative estimate of drug-likeness (QED) is 0.852. The lowest BCUT2D eigenvalue weighted by molar-refractivity contribution is 0.0428. The van der Waals surface area contributed by atoms with Crippen molar-refractivity contribution in [3.8, 4) is 0 Å². The molecule has 0 aliphatic heterocycles. The van der Waals surface area contributed by atoms with E-state index in [0.717, 1.165) is 0 Å². The Balaban J connectivity index is 3.12. The maximum Gasteiger partial charge on any atom is 0.147 e. The van der Waals surface area contributed by atoms with Crippen LogP contribution >= 0.6 is 27.5 Å². The van der Waals surface area contributed by atoms with Crippen LogP contribution in [0.5, 0.6) is 0 Å². The van der Waals surface area contributed by atoms with E-state index in [-0.39, 0.29) is 17.0 Å². The zero-order valence-electron chi connectivity index (χ0n) is 10.0. The highest BCUT2D eigenvalue weighted by Crippen LogP contribution is 2.32. The molecule has 5 heteroatoms. The van der Waals surface area contributed by atoms with Gasteiger partial charge >= 0.3 is 0 Å². The average molecular weight is 325 g/mol. The molecule has 0 aliphatic carbocycles. The number of methoxy groups -OCH3 is 1. The second-order valence-electron chi connectivity index (χ2n) is 4.23. The second kappa shape index (κ2) is 6.14. The molecule has 0 bridgehead atoms. The summed E-state index contributed by atoms with van der Waals surface area (Å²) in [5.41, 5.74) is 6.41. The van der Waals surface area contributed by atoms with Gasteiger partial charge in [-0.15, -0.1) is 0 Å². The Morgan fingerprint density at radius 1 is 1.41 bits per heavy atom. The topological polar surface area (TPSA) is 35.2 Å². The zero-order chi connectivity index (χ0) is 13.2. The van der Waals surface area contributed by atoms with E-state index in [0.29, 0.717) is 10.0 Å². The van der Waals surface area contributed by atoms with Crippen molar-refractivity contribution in [3.63, 3.8) is 0 Å². The van der Waals surface area contributed by atoms with Crippen LogP contribution in [-0.4, -0.2) is 13.2 Å². The lowest BCUT2D eigenvalue weighted by Gasteiger charge is -2.26. The van der Waals surface area contributed by atoms with Gasteiger partial charge in [0.2, 0.25) is 0 Å². The molecule has 2 N–H and O–H groups in total. The lowest BCUT2D eigenvalue weighted by Crippen LogP contribution is -2.33. The van der Waals surface area contributed by atoms with Gasteiger partial charge in [0.05, 0.1) is 17.2 Å². The average Bonchev–Trinajstić information content (AvgIpc) is 2.26. The monoisotopic (exact) mass is 323 g/mol. The SMILES string of the molecule is COC(C(C)C)C(N)c1ccc(Br)c(Cl)c1F. The number of hydrogen-bond acceptors (Lipinski definition) is 2. The second-order valence-corrected chi connectivity index (χ2v) is 5.47. The molecule has 96 valence electrons. The standard InChI is InChI=1S/C12H16BrClFNO/c1-6(2)12(17-3)11(16)7-4-5-8(13)9(14)10(7)15/h4-6,11-12H,16H2,1-3H3. The molecule has 0 fully saturated rings. The molecule has 2 unspecified atom stereocenters. The minimum absolute atomic E-state index is 0.0524. The lowest BCUT2D eigenvalue weighted by atomic mass is 9.94. The van der Waals surface area contributed by atoms with Crippen LogP contribution in [0, 0.1) is 11.7 Å². The van der Waals surface area contributed by atoms with Gasteiger partial charge in [-0.05, 0) is 27.9 Å². The van der Waals surface area contributed by atoms with E-state index in [9.17, 15) is 4.39 Å². The molecule has 17 heavy (non-hydrogen) atoms. The highest BCUT2D eigenvalue weighted by atomic mass is 79.9. The number of rotatable bonds is 4. The summed E-state index contributed by atoms with van der Waals surface area (Å²) in [5.74, 6) is -0.298. The molecule has 2 atom stereocenters. The van der Waals surface area contributed by atoms with E-state index < -0.39 is 11.9 Å². The van der Waals surface area contributed by atoms with Gasteiger partial charge in [-0.25, -0.2) is 4.39 Å². The minimum Gasteiger partial charge on any atom is -0.379 e. The Hall–Kier alpha value is -0.160. The van der Waals surface area contributed by atoms with Crippen molar-refractivity contribution in [2.24, 2.45) is 11.7 Å². The number of halogens is 3. The van der Waals surface area contributed by atoms with Crippen molar-refractivity contribution in [1.29, 1.82) is 0 Å². The van der Waals surface area contributed by atoms with Crippen molar-refractivity contribution < 1.29 is 9.13 Å². The van der Waals surface area contributed by atoms with E-state index in [2.05, 4.69) is 15.9 Å². The van der Waals surface area contributed by atoms with Gasteiger partial charge in [-0.1, -0.05) is 31.5 Å². The van der Waals surface area contributed by atoms with Gasteiger partial charge < -0.3 is 10.5 Å². The van der Waals surface area contributed by atoms with Crippen LogP contribution < -0.4 is 5.73 Å². The van der Waals surface area contributed by atoms with Crippen molar-refractivity contribution in [1.82, 2.24) is 0 Å². The Bertz CT molecular complexity index is 400. The largest absolute Gasteiger partial charge is 0.379 e. The Labute approximate surface area is 114 Å². The first-order chi connectivity index (χ1) is 7.90. The molecule has 0 heterocycles. The Morgan fingerprint density at radius 2 is 2.00 bits per heavy atom. The van der Waals surface area contributed by atoms with Crippen molar-refractivity contribution in [3.05, 3.63) is 33.0 Å². The molecule has 1 rings (SSSR count). The Morgan fingerprint density at radius 3 is 2.47 bits per heavy atom. The fourth-order valence-electron chi connectivity index (χ4n) is 1.81. The molecule has 0 amide bonds. The van der Waals surface area contributed by atoms with Crippen molar-refractivity contribution in [2.45, 2.75) is 26.0 Å². The maximum absolute atomic E-state index is 14.0. The van der Waals surface area contributed by atoms with Crippen LogP contribution in [0.25, 0.3) is 0 Å². The van der Waals surface area contributed by atoms with Gasteiger partial charge in [0.15, 0.2) is 0 Å². The fourth-order valence-corrected chi connectivity index (χ4v) is 2.29. The zero-order valence-corrected chi connectivity index (χ0v) is 12.3. The third-order valence-corrected chi connectivity index (χ3v) is 3.97. The third-order valence-electron chi connectivity index (χ3n) is 2.71. The number of benzene rings is 1. The maximum atomic E-state index is 14.0. The van der Waals surface area contributed by atoms with Crippen molar-refractivity contribution >= 4 is 27.5 Å². The summed E-state index contributed by atoms with van der Waals surface area (Å²) in [4.78, 5) is 0. The van der Waals surface area contributed by atoms with Gasteiger partial charge in [-0.3, -0.25) is 0 Å². The summed E-state index contributed by atoms with van der Waals surface area (Å²) in [7, 11) is 1.57. The van der Waals surface area contributed by atoms with Crippen LogP contribution in [0.1, 0.15) is 25.5 Å². The highest BCUT2D eigenvalue weighted by Gasteiger charge is 2.26. The molecular weight excluding hydrogens is 308 g/mol. The van der Waals surface area contributed by atoms with Crippen LogP contribution in [0.3, 0.4) is 0 Å². The molecule has 1 aromatic carbocycles. The summed E-state index contributed by atoms with van der Waals surface area (Å²) in [6.07, 6.45) is -0.248. The summed E-state index contributed by atoms with van der Waals surface area (Å²) >= 11 is 9.00. The van der Waals surface area contributed by atoms with Gasteiger partial charge in [0.1, 0.15) is 5.82 Å². The smallest absolute Gasteiger partial charge is 0.147 e. The van der Waals surface area contributed by atoms with Crippen LogP contribution in [0.2, 0.25) is 5.02 Å². The molecule has 0 radical (unpaired) electrons. The number of hydrogen-bond donors (Lipinski definition) is 1. The van der Waals surface area contributed by atoms with Crippen molar-refractivity contribution in [2.75, 3.05) is 7.11 Å². The van der Waals surface area contributed by atoms with Crippen LogP contribution in [0.15, 0.2) is 16.6 Å². The van der Waals surface area contributed by atoms with Gasteiger partial charge in [-0.2, -0.15) is 0 Å². The summed E-state index contributed by atoms with van der Waals surface area (Å²) in [6.45, 7) is 3.96. The van der Waals surface area contributed by atoms with E-state index in [1.54, 1.807) is 19.2 Å². The first kappa shape index (κ1) is 14.9. The Kier molecular flexibility index (Phi) is 5.38. The first-order valence-corrected chi connectivity index (χ1v) is 6.49. The highest BCUT2D eigenvalue weighted by molar-refractivity contribution is 9.10. The van der Waals surface area contributed by atoms with Crippen LogP contribution in [-0.2, 0) is 4.74 Å². The van der Waals surface area contributed by atoms with E-state index in [4.69, 9.17) is 22.1 Å². The molecule has 1 aromatic rings. The molecule has 0 aliphatic rings. The molecule has 0 saturated heterocycles. The predicted octanol–water partition coefficient (Wildman–Crippen LogP) is 3.91. The number of nitrogens with two attached hydrogens (primary N) is 1. The van der Waals surface area contributed by atoms with Crippen LogP contribution in [0.4, 0.5) is 4.39 Å². The summed E-state index contributed by atoms with van der Waals surface area (Å²) < 4.78 is 19.8. The van der Waals surface area contributed by atoms with E-state index in [1.165, 1.54) is 0 Å². The molecule has 0 spiro atoms. The van der Waals surface area contributed by atoms with Gasteiger partial charge in [0.25, 0.3) is 0 Å². The third kappa shape index (κ3) is 3.19. The fraction of sp³-hybridized carbons (Fsp3) is 0.500. The minimum atomic E-state index is -0.536. The molecule has 0 aromatic heterocycles. The first-order valence-electron chi connectivity index (χ1n) is 5.31. The van der Waals surface area contributed by atoms with Gasteiger partial charge in [0, 0.05) is 17.1 Å². The molecule has 0 saturated carbocycles. The van der Waals surface area contributed by atoms with E-state index in [1.807, 2.05) is 13.8 Å². The normalized spacial score (nSPS) is 15.1. The summed E-state index contributed by atoms with van der Waals surface area (Å²) in [5, 5.41) is 0.0524. The number of ether oxygens (including phenoxy) is 1. The predicted molar refractivity (Wildman–Crippen MR) is 71.7 cm³/mol.